The lowest BCUT2D eigenvalue weighted by Crippen LogP contribution is -2.43. The third-order valence-electron chi connectivity index (χ3n) is 2.75. The van der Waals surface area contributed by atoms with Crippen LogP contribution in [0.4, 0.5) is 0 Å². The van der Waals surface area contributed by atoms with E-state index in [4.69, 9.17) is 5.11 Å². The molecule has 0 aromatic heterocycles. The molecule has 1 aliphatic rings. The summed E-state index contributed by atoms with van der Waals surface area (Å²) in [5.41, 5.74) is 0. The first kappa shape index (κ1) is 10.5. The second kappa shape index (κ2) is 5.22. The molecule has 0 heterocycles. The number of carboxylic acids is 1. The highest BCUT2D eigenvalue weighted by Crippen LogP contribution is 2.18. The Kier molecular flexibility index (Phi) is 4.22. The monoisotopic (exact) mass is 185 g/mol. The molecule has 1 fully saturated rings. The normalized spacial score (nSPS) is 21.3. The highest BCUT2D eigenvalue weighted by molar-refractivity contribution is 5.73. The van der Waals surface area contributed by atoms with Crippen LogP contribution in [0.3, 0.4) is 0 Å². The van der Waals surface area contributed by atoms with Crippen LogP contribution < -0.4 is 5.32 Å². The number of rotatable bonds is 4. The van der Waals surface area contributed by atoms with Crippen LogP contribution in [-0.2, 0) is 4.79 Å². The molecule has 13 heavy (non-hydrogen) atoms. The van der Waals surface area contributed by atoms with Gasteiger partial charge in [-0.15, -0.1) is 0 Å². The van der Waals surface area contributed by atoms with Crippen LogP contribution in [0, 0.1) is 0 Å². The van der Waals surface area contributed by atoms with Gasteiger partial charge < -0.3 is 10.4 Å². The third-order valence-corrected chi connectivity index (χ3v) is 2.75. The first-order valence-electron chi connectivity index (χ1n) is 5.23. The van der Waals surface area contributed by atoms with Gasteiger partial charge in [-0.2, -0.15) is 0 Å². The molecule has 0 bridgehead atoms. The van der Waals surface area contributed by atoms with E-state index >= 15 is 0 Å². The van der Waals surface area contributed by atoms with Gasteiger partial charge in [0.15, 0.2) is 0 Å². The SMILES string of the molecule is CC[C@H](NC1CCCCC1)C(=O)O. The molecule has 0 amide bonds. The highest BCUT2D eigenvalue weighted by atomic mass is 16.4. The third kappa shape index (κ3) is 3.35. The molecule has 0 spiro atoms. The molecule has 3 nitrogen and oxygen atoms in total. The smallest absolute Gasteiger partial charge is 0.320 e. The van der Waals surface area contributed by atoms with Crippen molar-refractivity contribution in [2.45, 2.75) is 57.5 Å². The Bertz CT molecular complexity index is 164. The zero-order valence-corrected chi connectivity index (χ0v) is 8.25. The molecule has 2 N–H and O–H groups in total. The van der Waals surface area contributed by atoms with Crippen molar-refractivity contribution in [2.24, 2.45) is 0 Å². The van der Waals surface area contributed by atoms with Crippen LogP contribution in [0.1, 0.15) is 45.4 Å². The Morgan fingerprint density at radius 1 is 1.46 bits per heavy atom. The van der Waals surface area contributed by atoms with Crippen molar-refractivity contribution < 1.29 is 9.90 Å². The lowest BCUT2D eigenvalue weighted by molar-refractivity contribution is -0.139. The molecule has 0 aliphatic heterocycles. The molecule has 0 radical (unpaired) electrons. The Labute approximate surface area is 79.5 Å². The zero-order valence-electron chi connectivity index (χ0n) is 8.25. The van der Waals surface area contributed by atoms with Crippen molar-refractivity contribution >= 4 is 5.97 Å². The van der Waals surface area contributed by atoms with E-state index in [2.05, 4.69) is 5.32 Å². The standard InChI is InChI=1S/C10H19NO2/c1-2-9(10(12)13)11-8-6-4-3-5-7-8/h8-9,11H,2-7H2,1H3,(H,12,13)/t9-/m0/s1. The number of hydrogen-bond acceptors (Lipinski definition) is 2. The molecular weight excluding hydrogens is 166 g/mol. The minimum atomic E-state index is -0.715. The number of carboxylic acid groups (broad SMARTS) is 1. The molecule has 1 atom stereocenters. The van der Waals surface area contributed by atoms with E-state index in [-0.39, 0.29) is 6.04 Å². The predicted octanol–water partition coefficient (Wildman–Crippen LogP) is 1.77. The highest BCUT2D eigenvalue weighted by Gasteiger charge is 2.20. The predicted molar refractivity (Wildman–Crippen MR) is 51.7 cm³/mol. The summed E-state index contributed by atoms with van der Waals surface area (Å²) in [6.07, 6.45) is 6.75. The van der Waals surface area contributed by atoms with Crippen LogP contribution in [-0.4, -0.2) is 23.2 Å². The minimum Gasteiger partial charge on any atom is -0.480 e. The second-order valence-corrected chi connectivity index (χ2v) is 3.80. The lowest BCUT2D eigenvalue weighted by atomic mass is 9.94. The number of hydrogen-bond donors (Lipinski definition) is 2. The molecule has 1 saturated carbocycles. The molecule has 3 heteroatoms. The van der Waals surface area contributed by atoms with E-state index in [1.165, 1.54) is 19.3 Å². The summed E-state index contributed by atoms with van der Waals surface area (Å²) in [6, 6.07) is 0.0953. The maximum atomic E-state index is 10.7. The van der Waals surface area contributed by atoms with E-state index in [0.29, 0.717) is 12.5 Å². The molecular formula is C10H19NO2. The Morgan fingerprint density at radius 2 is 2.08 bits per heavy atom. The first-order chi connectivity index (χ1) is 6.24. The quantitative estimate of drug-likeness (QED) is 0.701. The van der Waals surface area contributed by atoms with Crippen molar-refractivity contribution in [3.05, 3.63) is 0 Å². The van der Waals surface area contributed by atoms with Gasteiger partial charge in [0.1, 0.15) is 6.04 Å². The van der Waals surface area contributed by atoms with Crippen molar-refractivity contribution in [2.75, 3.05) is 0 Å². The van der Waals surface area contributed by atoms with Gasteiger partial charge in [0.2, 0.25) is 0 Å². The van der Waals surface area contributed by atoms with E-state index < -0.39 is 5.97 Å². The van der Waals surface area contributed by atoms with Crippen LogP contribution >= 0.6 is 0 Å². The average molecular weight is 185 g/mol. The maximum Gasteiger partial charge on any atom is 0.320 e. The second-order valence-electron chi connectivity index (χ2n) is 3.80. The largest absolute Gasteiger partial charge is 0.480 e. The van der Waals surface area contributed by atoms with Gasteiger partial charge in [-0.3, -0.25) is 4.79 Å². The maximum absolute atomic E-state index is 10.7. The van der Waals surface area contributed by atoms with Crippen LogP contribution in [0.25, 0.3) is 0 Å². The van der Waals surface area contributed by atoms with Gasteiger partial charge in [-0.05, 0) is 19.3 Å². The molecule has 1 aliphatic carbocycles. The fourth-order valence-electron chi connectivity index (χ4n) is 1.92. The summed E-state index contributed by atoms with van der Waals surface area (Å²) in [4.78, 5) is 10.7. The lowest BCUT2D eigenvalue weighted by Gasteiger charge is -2.25. The van der Waals surface area contributed by atoms with Gasteiger partial charge in [0.05, 0.1) is 0 Å². The molecule has 0 aromatic carbocycles. The van der Waals surface area contributed by atoms with E-state index in [1.54, 1.807) is 0 Å². The topological polar surface area (TPSA) is 49.3 Å². The van der Waals surface area contributed by atoms with Gasteiger partial charge in [-0.25, -0.2) is 0 Å². The van der Waals surface area contributed by atoms with E-state index in [1.807, 2.05) is 6.92 Å². The molecule has 76 valence electrons. The summed E-state index contributed by atoms with van der Waals surface area (Å²) in [5.74, 6) is -0.715. The van der Waals surface area contributed by atoms with Crippen LogP contribution in [0.5, 0.6) is 0 Å². The molecule has 0 unspecified atom stereocenters. The van der Waals surface area contributed by atoms with Gasteiger partial charge in [0, 0.05) is 6.04 Å². The average Bonchev–Trinajstić information content (AvgIpc) is 2.15. The fourth-order valence-corrected chi connectivity index (χ4v) is 1.92. The van der Waals surface area contributed by atoms with Gasteiger partial charge in [0.25, 0.3) is 0 Å². The van der Waals surface area contributed by atoms with Gasteiger partial charge in [-0.1, -0.05) is 26.2 Å². The minimum absolute atomic E-state index is 0.344. The number of carbonyl (C=O) groups is 1. The zero-order chi connectivity index (χ0) is 9.68. The van der Waals surface area contributed by atoms with Crippen molar-refractivity contribution in [1.82, 2.24) is 5.32 Å². The first-order valence-corrected chi connectivity index (χ1v) is 5.23. The number of aliphatic carboxylic acids is 1. The Morgan fingerprint density at radius 3 is 2.54 bits per heavy atom. The fraction of sp³-hybridized carbons (Fsp3) is 0.900. The van der Waals surface area contributed by atoms with Crippen molar-refractivity contribution in [1.29, 1.82) is 0 Å². The summed E-state index contributed by atoms with van der Waals surface area (Å²) < 4.78 is 0. The molecule has 0 saturated heterocycles. The van der Waals surface area contributed by atoms with Crippen molar-refractivity contribution in [3.63, 3.8) is 0 Å². The Hall–Kier alpha value is -0.570. The molecule has 1 rings (SSSR count). The molecule has 0 aromatic rings. The summed E-state index contributed by atoms with van der Waals surface area (Å²) in [6.45, 7) is 1.91. The van der Waals surface area contributed by atoms with Crippen LogP contribution in [0.2, 0.25) is 0 Å². The van der Waals surface area contributed by atoms with E-state index in [9.17, 15) is 4.79 Å². The van der Waals surface area contributed by atoms with E-state index in [0.717, 1.165) is 12.8 Å². The summed E-state index contributed by atoms with van der Waals surface area (Å²) in [7, 11) is 0. The van der Waals surface area contributed by atoms with Crippen LogP contribution in [0.15, 0.2) is 0 Å². The summed E-state index contributed by atoms with van der Waals surface area (Å²) in [5, 5.41) is 12.0. The summed E-state index contributed by atoms with van der Waals surface area (Å²) >= 11 is 0. The number of nitrogens with one attached hydrogen (secondary N) is 1. The van der Waals surface area contributed by atoms with Gasteiger partial charge >= 0.3 is 5.97 Å². The van der Waals surface area contributed by atoms with Crippen molar-refractivity contribution in [3.8, 4) is 0 Å². The Balaban J connectivity index is 2.31.